The quantitative estimate of drug-likeness (QED) is 0.273. The monoisotopic (exact) mass is 568 g/mol. The third-order valence-electron chi connectivity index (χ3n) is 5.63. The molecule has 3 rings (SSSR count). The van der Waals surface area contributed by atoms with Gasteiger partial charge < -0.3 is 24.8 Å². The Morgan fingerprint density at radius 2 is 1.73 bits per heavy atom. The Labute approximate surface area is 214 Å². The average Bonchev–Trinajstić information content (AvgIpc) is 2.84. The molecule has 33 heavy (non-hydrogen) atoms. The lowest BCUT2D eigenvalue weighted by Crippen LogP contribution is -2.46. The summed E-state index contributed by atoms with van der Waals surface area (Å²) < 4.78 is 16.6. The maximum absolute atomic E-state index is 5.58. The molecule has 0 amide bonds. The molecule has 8 heteroatoms. The molecule has 1 atom stereocenters. The lowest BCUT2D eigenvalue weighted by Gasteiger charge is -2.35. The first kappa shape index (κ1) is 27.2. The number of hydrogen-bond acceptors (Lipinski definition) is 5. The Kier molecular flexibility index (Phi) is 11.8. The van der Waals surface area contributed by atoms with Gasteiger partial charge in [0.05, 0.1) is 40.0 Å². The summed E-state index contributed by atoms with van der Waals surface area (Å²) in [6.45, 7) is 9.59. The maximum Gasteiger partial charge on any atom is 0.191 e. The van der Waals surface area contributed by atoms with Crippen LogP contribution in [0, 0.1) is 6.92 Å². The highest BCUT2D eigenvalue weighted by Crippen LogP contribution is 2.32. The van der Waals surface area contributed by atoms with Crippen molar-refractivity contribution in [1.82, 2.24) is 15.5 Å². The number of nitrogens with zero attached hydrogens (tertiary/aromatic N) is 2. The number of nitrogens with one attached hydrogen (secondary N) is 2. The Morgan fingerprint density at radius 1 is 1.03 bits per heavy atom. The van der Waals surface area contributed by atoms with Crippen LogP contribution >= 0.6 is 24.0 Å². The molecule has 2 aromatic rings. The minimum atomic E-state index is 0. The molecule has 1 unspecified atom stereocenters. The van der Waals surface area contributed by atoms with E-state index < -0.39 is 0 Å². The van der Waals surface area contributed by atoms with Gasteiger partial charge >= 0.3 is 0 Å². The van der Waals surface area contributed by atoms with Crippen molar-refractivity contribution in [3.05, 3.63) is 59.2 Å². The third-order valence-corrected chi connectivity index (χ3v) is 5.63. The summed E-state index contributed by atoms with van der Waals surface area (Å²) in [5.74, 6) is 2.29. The Balaban J connectivity index is 0.00000385. The van der Waals surface area contributed by atoms with Crippen molar-refractivity contribution in [2.24, 2.45) is 4.99 Å². The molecule has 2 aromatic carbocycles. The highest BCUT2D eigenvalue weighted by atomic mass is 127. The van der Waals surface area contributed by atoms with E-state index in [1.807, 2.05) is 6.07 Å². The maximum atomic E-state index is 5.58. The Morgan fingerprint density at radius 3 is 2.36 bits per heavy atom. The zero-order valence-corrected chi connectivity index (χ0v) is 22.4. The van der Waals surface area contributed by atoms with Gasteiger partial charge in [0.1, 0.15) is 0 Å². The smallest absolute Gasteiger partial charge is 0.191 e. The number of methoxy groups -OCH3 is 2. The Bertz CT molecular complexity index is 870. The summed E-state index contributed by atoms with van der Waals surface area (Å²) >= 11 is 0. The van der Waals surface area contributed by atoms with E-state index in [-0.39, 0.29) is 30.0 Å². The van der Waals surface area contributed by atoms with E-state index in [0.717, 1.165) is 56.9 Å². The van der Waals surface area contributed by atoms with E-state index in [1.165, 1.54) is 16.7 Å². The number of hydrogen-bond donors (Lipinski definition) is 2. The fourth-order valence-electron chi connectivity index (χ4n) is 3.81. The number of halogens is 1. The van der Waals surface area contributed by atoms with Crippen LogP contribution in [0.1, 0.15) is 29.7 Å². The first-order valence-electron chi connectivity index (χ1n) is 11.3. The van der Waals surface area contributed by atoms with Crippen LogP contribution in [-0.2, 0) is 11.3 Å². The van der Waals surface area contributed by atoms with E-state index in [4.69, 9.17) is 19.2 Å². The molecule has 1 fully saturated rings. The molecule has 1 heterocycles. The molecule has 1 aliphatic rings. The first-order valence-corrected chi connectivity index (χ1v) is 11.3. The molecule has 0 aromatic heterocycles. The molecule has 1 aliphatic heterocycles. The van der Waals surface area contributed by atoms with Gasteiger partial charge in [-0.3, -0.25) is 4.90 Å². The number of morpholine rings is 1. The number of benzene rings is 2. The molecule has 0 spiro atoms. The van der Waals surface area contributed by atoms with Crippen molar-refractivity contribution >= 4 is 29.9 Å². The van der Waals surface area contributed by atoms with Gasteiger partial charge in [-0.25, -0.2) is 4.99 Å². The average molecular weight is 569 g/mol. The first-order chi connectivity index (χ1) is 15.6. The summed E-state index contributed by atoms with van der Waals surface area (Å²) in [6.07, 6.45) is 0. The van der Waals surface area contributed by atoms with Gasteiger partial charge in [-0.2, -0.15) is 0 Å². The molecule has 182 valence electrons. The topological polar surface area (TPSA) is 67.4 Å². The number of aryl methyl sites for hydroxylation is 1. The van der Waals surface area contributed by atoms with E-state index >= 15 is 0 Å². The molecule has 0 radical (unpaired) electrons. The van der Waals surface area contributed by atoms with Crippen molar-refractivity contribution in [3.8, 4) is 11.5 Å². The highest BCUT2D eigenvalue weighted by Gasteiger charge is 2.24. The number of rotatable bonds is 9. The second-order valence-corrected chi connectivity index (χ2v) is 7.84. The predicted octanol–water partition coefficient (Wildman–Crippen LogP) is 3.76. The summed E-state index contributed by atoms with van der Waals surface area (Å²) in [7, 11) is 3.33. The standard InChI is InChI=1S/C25H36N4O3.HI/c1-5-26-25(27-17-20-8-6-19(2)7-9-20)28-18-22(29-12-14-32-15-13-29)21-10-11-23(30-3)24(16-21)31-4;/h6-11,16,22H,5,12-15,17-18H2,1-4H3,(H2,26,27,28);1H. The minimum absolute atomic E-state index is 0. The van der Waals surface area contributed by atoms with Crippen molar-refractivity contribution in [2.45, 2.75) is 26.4 Å². The second kappa shape index (κ2) is 14.3. The zero-order chi connectivity index (χ0) is 22.8. The van der Waals surface area contributed by atoms with E-state index in [2.05, 4.69) is 65.8 Å². The second-order valence-electron chi connectivity index (χ2n) is 7.84. The fourth-order valence-corrected chi connectivity index (χ4v) is 3.81. The van der Waals surface area contributed by atoms with Gasteiger partial charge in [-0.15, -0.1) is 24.0 Å². The van der Waals surface area contributed by atoms with Gasteiger partial charge in [0.2, 0.25) is 0 Å². The van der Waals surface area contributed by atoms with Crippen LogP contribution in [0.3, 0.4) is 0 Å². The van der Waals surface area contributed by atoms with Gasteiger partial charge in [0.15, 0.2) is 17.5 Å². The van der Waals surface area contributed by atoms with Crippen LogP contribution in [0.5, 0.6) is 11.5 Å². The molecule has 0 bridgehead atoms. The molecular weight excluding hydrogens is 531 g/mol. The summed E-state index contributed by atoms with van der Waals surface area (Å²) in [5, 5.41) is 6.91. The fraction of sp³-hybridized carbons (Fsp3) is 0.480. The van der Waals surface area contributed by atoms with Crippen LogP contribution in [0.25, 0.3) is 0 Å². The largest absolute Gasteiger partial charge is 0.493 e. The SMILES string of the molecule is CCNC(=NCc1ccc(C)cc1)NCC(c1ccc(OC)c(OC)c1)N1CCOCC1.I. The lowest BCUT2D eigenvalue weighted by atomic mass is 10.0. The predicted molar refractivity (Wildman–Crippen MR) is 144 cm³/mol. The lowest BCUT2D eigenvalue weighted by molar-refractivity contribution is 0.0169. The highest BCUT2D eigenvalue weighted by molar-refractivity contribution is 14.0. The van der Waals surface area contributed by atoms with E-state index in [9.17, 15) is 0 Å². The molecule has 2 N–H and O–H groups in total. The molecule has 7 nitrogen and oxygen atoms in total. The van der Waals surface area contributed by atoms with E-state index in [1.54, 1.807) is 14.2 Å². The number of ether oxygens (including phenoxy) is 3. The van der Waals surface area contributed by atoms with E-state index in [0.29, 0.717) is 6.54 Å². The molecule has 0 saturated carbocycles. The van der Waals surface area contributed by atoms with Crippen LogP contribution in [0.2, 0.25) is 0 Å². The van der Waals surface area contributed by atoms with Crippen molar-refractivity contribution in [3.63, 3.8) is 0 Å². The molecule has 0 aliphatic carbocycles. The van der Waals surface area contributed by atoms with Crippen LogP contribution in [-0.4, -0.2) is 64.5 Å². The van der Waals surface area contributed by atoms with Crippen molar-refractivity contribution in [1.29, 1.82) is 0 Å². The van der Waals surface area contributed by atoms with Crippen LogP contribution in [0.4, 0.5) is 0 Å². The summed E-state index contributed by atoms with van der Waals surface area (Å²) in [6, 6.07) is 14.8. The van der Waals surface area contributed by atoms with Gasteiger partial charge in [-0.05, 0) is 37.1 Å². The number of guanidine groups is 1. The van der Waals surface area contributed by atoms with Crippen LogP contribution < -0.4 is 20.1 Å². The summed E-state index contributed by atoms with van der Waals surface area (Å²) in [5.41, 5.74) is 3.62. The normalized spacial score (nSPS) is 15.3. The van der Waals surface area contributed by atoms with Gasteiger partial charge in [0.25, 0.3) is 0 Å². The summed E-state index contributed by atoms with van der Waals surface area (Å²) in [4.78, 5) is 7.24. The minimum Gasteiger partial charge on any atom is -0.493 e. The van der Waals surface area contributed by atoms with Crippen molar-refractivity contribution in [2.75, 3.05) is 53.6 Å². The van der Waals surface area contributed by atoms with Gasteiger partial charge in [-0.1, -0.05) is 35.9 Å². The third kappa shape index (κ3) is 8.04. The molecular formula is C25H37IN4O3. The van der Waals surface area contributed by atoms with Crippen LogP contribution in [0.15, 0.2) is 47.5 Å². The van der Waals surface area contributed by atoms with Gasteiger partial charge in [0, 0.05) is 26.2 Å². The number of aliphatic imine (C=N–C) groups is 1. The van der Waals surface area contributed by atoms with Crippen molar-refractivity contribution < 1.29 is 14.2 Å². The molecule has 1 saturated heterocycles. The zero-order valence-electron chi connectivity index (χ0n) is 20.1. The Hall–Kier alpha value is -2.04.